The van der Waals surface area contributed by atoms with Gasteiger partial charge in [-0.25, -0.2) is 0 Å². The van der Waals surface area contributed by atoms with E-state index in [0.29, 0.717) is 11.6 Å². The molecule has 1 heterocycles. The molecule has 1 aliphatic heterocycles. The minimum absolute atomic E-state index is 0.385. The number of nitrogens with one attached hydrogen (secondary N) is 1. The van der Waals surface area contributed by atoms with Gasteiger partial charge in [-0.2, -0.15) is 0 Å². The van der Waals surface area contributed by atoms with E-state index in [2.05, 4.69) is 37.9 Å². The summed E-state index contributed by atoms with van der Waals surface area (Å²) in [5.74, 6) is 0. The summed E-state index contributed by atoms with van der Waals surface area (Å²) >= 11 is 0. The van der Waals surface area contributed by atoms with Crippen LogP contribution < -0.4 is 5.32 Å². The predicted octanol–water partition coefficient (Wildman–Crippen LogP) is 3.81. The maximum Gasteiger partial charge on any atom is 0.0303 e. The minimum atomic E-state index is 0.385. The highest BCUT2D eigenvalue weighted by Crippen LogP contribution is 2.24. The Morgan fingerprint density at radius 1 is 1.11 bits per heavy atom. The molecule has 1 saturated heterocycles. The number of piperazine rings is 1. The van der Waals surface area contributed by atoms with Crippen molar-refractivity contribution in [3.05, 3.63) is 0 Å². The average molecular weight is 254 g/mol. The summed E-state index contributed by atoms with van der Waals surface area (Å²) in [6.45, 7) is 13.1. The van der Waals surface area contributed by atoms with Crippen LogP contribution in [0.3, 0.4) is 0 Å². The number of nitrogens with zero attached hydrogens (tertiary/aromatic N) is 1. The fourth-order valence-corrected chi connectivity index (χ4v) is 2.92. The number of rotatable bonds is 8. The van der Waals surface area contributed by atoms with Crippen LogP contribution >= 0.6 is 0 Å². The highest BCUT2D eigenvalue weighted by atomic mass is 15.3. The molecule has 2 atom stereocenters. The van der Waals surface area contributed by atoms with E-state index in [1.165, 1.54) is 58.0 Å². The van der Waals surface area contributed by atoms with Crippen molar-refractivity contribution >= 4 is 0 Å². The smallest absolute Gasteiger partial charge is 0.0303 e. The van der Waals surface area contributed by atoms with Crippen LogP contribution in [0.25, 0.3) is 0 Å². The number of hydrogen-bond acceptors (Lipinski definition) is 2. The Balaban J connectivity index is 2.36. The first-order valence-electron chi connectivity index (χ1n) is 8.14. The first-order chi connectivity index (χ1) is 8.66. The highest BCUT2D eigenvalue weighted by Gasteiger charge is 2.35. The van der Waals surface area contributed by atoms with Crippen molar-refractivity contribution in [1.29, 1.82) is 0 Å². The van der Waals surface area contributed by atoms with Crippen LogP contribution in [-0.2, 0) is 0 Å². The molecule has 1 fully saturated rings. The Bertz CT molecular complexity index is 217. The number of hydrogen-bond donors (Lipinski definition) is 1. The molecule has 0 bridgehead atoms. The van der Waals surface area contributed by atoms with Crippen molar-refractivity contribution in [2.75, 3.05) is 19.6 Å². The lowest BCUT2D eigenvalue weighted by atomic mass is 9.91. The molecular weight excluding hydrogens is 220 g/mol. The van der Waals surface area contributed by atoms with E-state index in [1.807, 2.05) is 0 Å². The molecule has 18 heavy (non-hydrogen) atoms. The Morgan fingerprint density at radius 3 is 2.44 bits per heavy atom. The molecule has 0 spiro atoms. The van der Waals surface area contributed by atoms with E-state index in [-0.39, 0.29) is 0 Å². The molecule has 1 N–H and O–H groups in total. The molecule has 0 amide bonds. The number of unbranched alkanes of at least 4 members (excludes halogenated alkanes) is 4. The van der Waals surface area contributed by atoms with Crippen LogP contribution in [0.1, 0.15) is 72.6 Å². The van der Waals surface area contributed by atoms with Crippen LogP contribution in [0.15, 0.2) is 0 Å². The predicted molar refractivity (Wildman–Crippen MR) is 81.1 cm³/mol. The van der Waals surface area contributed by atoms with Gasteiger partial charge in [-0.15, -0.1) is 0 Å². The maximum atomic E-state index is 3.71. The van der Waals surface area contributed by atoms with Gasteiger partial charge in [0.25, 0.3) is 0 Å². The van der Waals surface area contributed by atoms with Gasteiger partial charge in [0, 0.05) is 24.7 Å². The molecule has 0 radical (unpaired) electrons. The van der Waals surface area contributed by atoms with E-state index in [0.717, 1.165) is 6.54 Å². The molecular formula is C16H34N2. The van der Waals surface area contributed by atoms with Crippen molar-refractivity contribution in [1.82, 2.24) is 10.2 Å². The van der Waals surface area contributed by atoms with E-state index < -0.39 is 0 Å². The zero-order valence-corrected chi connectivity index (χ0v) is 13.1. The molecule has 108 valence electrons. The molecule has 0 aliphatic carbocycles. The SMILES string of the molecule is CCCCCCCN1CC(CC)NCC1(C)CC. The van der Waals surface area contributed by atoms with E-state index >= 15 is 0 Å². The maximum absolute atomic E-state index is 3.71. The fourth-order valence-electron chi connectivity index (χ4n) is 2.92. The largest absolute Gasteiger partial charge is 0.311 e. The Morgan fingerprint density at radius 2 is 1.83 bits per heavy atom. The molecule has 2 heteroatoms. The van der Waals surface area contributed by atoms with E-state index in [9.17, 15) is 0 Å². The first-order valence-corrected chi connectivity index (χ1v) is 8.14. The second-order valence-electron chi connectivity index (χ2n) is 6.20. The van der Waals surface area contributed by atoms with Crippen LogP contribution in [0, 0.1) is 0 Å². The highest BCUT2D eigenvalue weighted by molar-refractivity contribution is 4.94. The van der Waals surface area contributed by atoms with Crippen molar-refractivity contribution in [2.45, 2.75) is 84.2 Å². The quantitative estimate of drug-likeness (QED) is 0.663. The summed E-state index contributed by atoms with van der Waals surface area (Å²) in [4.78, 5) is 2.75. The van der Waals surface area contributed by atoms with Gasteiger partial charge in [-0.1, -0.05) is 46.5 Å². The third-order valence-electron chi connectivity index (χ3n) is 4.76. The topological polar surface area (TPSA) is 15.3 Å². The average Bonchev–Trinajstić information content (AvgIpc) is 2.40. The summed E-state index contributed by atoms with van der Waals surface area (Å²) in [6, 6.07) is 0.709. The minimum Gasteiger partial charge on any atom is -0.311 e. The van der Waals surface area contributed by atoms with Crippen LogP contribution in [-0.4, -0.2) is 36.1 Å². The monoisotopic (exact) mass is 254 g/mol. The molecule has 2 nitrogen and oxygen atoms in total. The van der Waals surface area contributed by atoms with Crippen LogP contribution in [0.5, 0.6) is 0 Å². The van der Waals surface area contributed by atoms with Crippen LogP contribution in [0.4, 0.5) is 0 Å². The third kappa shape index (κ3) is 4.55. The van der Waals surface area contributed by atoms with Gasteiger partial charge in [-0.3, -0.25) is 4.90 Å². The standard InChI is InChI=1S/C16H34N2/c1-5-8-9-10-11-12-18-13-15(6-2)17-14-16(18,4)7-3/h15,17H,5-14H2,1-4H3. The summed E-state index contributed by atoms with van der Waals surface area (Å²) in [7, 11) is 0. The summed E-state index contributed by atoms with van der Waals surface area (Å²) in [5.41, 5.74) is 0.385. The molecule has 0 aromatic carbocycles. The normalized spacial score (nSPS) is 29.7. The zero-order chi connectivity index (χ0) is 13.4. The van der Waals surface area contributed by atoms with Gasteiger partial charge >= 0.3 is 0 Å². The van der Waals surface area contributed by atoms with Gasteiger partial charge in [0.1, 0.15) is 0 Å². The Hall–Kier alpha value is -0.0800. The summed E-state index contributed by atoms with van der Waals surface area (Å²) < 4.78 is 0. The lowest BCUT2D eigenvalue weighted by molar-refractivity contribution is 0.0465. The molecule has 0 aromatic rings. The lowest BCUT2D eigenvalue weighted by Crippen LogP contribution is -2.63. The van der Waals surface area contributed by atoms with Crippen LogP contribution in [0.2, 0.25) is 0 Å². The molecule has 2 unspecified atom stereocenters. The molecule has 0 saturated carbocycles. The molecule has 0 aromatic heterocycles. The molecule has 1 aliphatic rings. The van der Waals surface area contributed by atoms with Gasteiger partial charge in [0.2, 0.25) is 0 Å². The van der Waals surface area contributed by atoms with Gasteiger partial charge in [0.15, 0.2) is 0 Å². The van der Waals surface area contributed by atoms with Gasteiger partial charge in [-0.05, 0) is 32.7 Å². The Labute approximate surface area is 115 Å². The fraction of sp³-hybridized carbons (Fsp3) is 1.00. The lowest BCUT2D eigenvalue weighted by Gasteiger charge is -2.48. The zero-order valence-electron chi connectivity index (χ0n) is 13.1. The Kier molecular flexibility index (Phi) is 7.25. The third-order valence-corrected chi connectivity index (χ3v) is 4.76. The second-order valence-corrected chi connectivity index (χ2v) is 6.20. The van der Waals surface area contributed by atoms with Crippen molar-refractivity contribution < 1.29 is 0 Å². The van der Waals surface area contributed by atoms with Crippen molar-refractivity contribution in [3.63, 3.8) is 0 Å². The van der Waals surface area contributed by atoms with E-state index in [1.54, 1.807) is 0 Å². The van der Waals surface area contributed by atoms with E-state index in [4.69, 9.17) is 0 Å². The first kappa shape index (κ1) is 16.0. The summed E-state index contributed by atoms with van der Waals surface area (Å²) in [5, 5.41) is 3.71. The van der Waals surface area contributed by atoms with Gasteiger partial charge < -0.3 is 5.32 Å². The summed E-state index contributed by atoms with van der Waals surface area (Å²) in [6.07, 6.45) is 9.48. The second kappa shape index (κ2) is 8.16. The van der Waals surface area contributed by atoms with Crippen molar-refractivity contribution in [3.8, 4) is 0 Å². The van der Waals surface area contributed by atoms with Gasteiger partial charge in [0.05, 0.1) is 0 Å². The van der Waals surface area contributed by atoms with Crippen molar-refractivity contribution in [2.24, 2.45) is 0 Å². The molecule has 1 rings (SSSR count).